The number of nitrogens with zero attached hydrogens (tertiary/aromatic N) is 5. The number of pyridine rings is 1. The highest BCUT2D eigenvalue weighted by molar-refractivity contribution is 6.03. The molecule has 0 aliphatic heterocycles. The summed E-state index contributed by atoms with van der Waals surface area (Å²) in [7, 11) is 0. The predicted molar refractivity (Wildman–Crippen MR) is 115 cm³/mol. The number of aryl methyl sites for hydroxylation is 3. The van der Waals surface area contributed by atoms with E-state index in [1.165, 1.54) is 6.07 Å². The van der Waals surface area contributed by atoms with Gasteiger partial charge in [-0.1, -0.05) is 25.1 Å². The van der Waals surface area contributed by atoms with E-state index in [1.54, 1.807) is 35.3 Å². The molecule has 4 aromatic rings. The van der Waals surface area contributed by atoms with E-state index in [1.807, 2.05) is 31.2 Å². The summed E-state index contributed by atoms with van der Waals surface area (Å²) in [5.41, 5.74) is 3.31. The summed E-state index contributed by atoms with van der Waals surface area (Å²) in [4.78, 5) is 25.3. The Hall–Kier alpha value is -3.94. The Morgan fingerprint density at radius 3 is 2.61 bits per heavy atom. The molecule has 1 aromatic carbocycles. The van der Waals surface area contributed by atoms with Gasteiger partial charge in [0.15, 0.2) is 5.82 Å². The third-order valence-corrected chi connectivity index (χ3v) is 4.81. The van der Waals surface area contributed by atoms with Crippen molar-refractivity contribution in [2.45, 2.75) is 26.2 Å². The molecule has 0 spiro atoms. The van der Waals surface area contributed by atoms with Crippen molar-refractivity contribution >= 4 is 11.9 Å². The largest absolute Gasteiger partial charge is 0.290 e. The highest BCUT2D eigenvalue weighted by Gasteiger charge is 2.11. The molecule has 1 amide bonds. The van der Waals surface area contributed by atoms with Gasteiger partial charge in [-0.2, -0.15) is 5.10 Å². The van der Waals surface area contributed by atoms with Crippen molar-refractivity contribution in [1.82, 2.24) is 24.7 Å². The standard InChI is InChI=1S/C23H21FN6O/c1-2-16-14-26-23(28-22(31)17-6-4-3-5-7-17)27-20(16)10-9-19-12-13-30(29-19)21-11-8-18(24)15-25-21/h3-8,11-15H,2,9-10H2,1H3,(H,26,27,28,31). The molecular formula is C23H21FN6O. The van der Waals surface area contributed by atoms with Gasteiger partial charge in [-0.25, -0.2) is 24.0 Å². The number of halogens is 1. The minimum atomic E-state index is -0.387. The summed E-state index contributed by atoms with van der Waals surface area (Å²) in [6.45, 7) is 2.04. The average molecular weight is 416 g/mol. The van der Waals surface area contributed by atoms with Crippen LogP contribution in [-0.4, -0.2) is 30.6 Å². The molecular weight excluding hydrogens is 395 g/mol. The molecule has 8 heteroatoms. The molecule has 0 radical (unpaired) electrons. The lowest BCUT2D eigenvalue weighted by atomic mass is 10.1. The molecule has 0 saturated heterocycles. The predicted octanol–water partition coefficient (Wildman–Crippen LogP) is 3.80. The third-order valence-electron chi connectivity index (χ3n) is 4.81. The number of carbonyl (C=O) groups is 1. The first-order valence-corrected chi connectivity index (χ1v) is 10.00. The minimum Gasteiger partial charge on any atom is -0.290 e. The van der Waals surface area contributed by atoms with E-state index in [0.29, 0.717) is 24.2 Å². The fourth-order valence-electron chi connectivity index (χ4n) is 3.15. The van der Waals surface area contributed by atoms with Crippen LogP contribution < -0.4 is 5.32 Å². The van der Waals surface area contributed by atoms with Crippen molar-refractivity contribution in [2.75, 3.05) is 5.32 Å². The quantitative estimate of drug-likeness (QED) is 0.495. The Labute approximate surface area is 179 Å². The number of nitrogens with one attached hydrogen (secondary N) is 1. The zero-order valence-electron chi connectivity index (χ0n) is 17.0. The van der Waals surface area contributed by atoms with Crippen LogP contribution >= 0.6 is 0 Å². The van der Waals surface area contributed by atoms with Crippen LogP contribution in [0.1, 0.15) is 34.2 Å². The second-order valence-corrected chi connectivity index (χ2v) is 6.93. The van der Waals surface area contributed by atoms with Gasteiger partial charge in [0, 0.05) is 23.7 Å². The van der Waals surface area contributed by atoms with E-state index in [4.69, 9.17) is 0 Å². The summed E-state index contributed by atoms with van der Waals surface area (Å²) in [5.74, 6) is 0.195. The van der Waals surface area contributed by atoms with Gasteiger partial charge in [-0.15, -0.1) is 0 Å². The second-order valence-electron chi connectivity index (χ2n) is 6.93. The number of hydrogen-bond acceptors (Lipinski definition) is 5. The van der Waals surface area contributed by atoms with Gasteiger partial charge in [-0.3, -0.25) is 10.1 Å². The van der Waals surface area contributed by atoms with Crippen LogP contribution in [0.5, 0.6) is 0 Å². The minimum absolute atomic E-state index is 0.249. The van der Waals surface area contributed by atoms with Gasteiger partial charge >= 0.3 is 0 Å². The monoisotopic (exact) mass is 416 g/mol. The third kappa shape index (κ3) is 4.98. The fraction of sp³-hybridized carbons (Fsp3) is 0.174. The number of anilines is 1. The van der Waals surface area contributed by atoms with Crippen molar-refractivity contribution in [3.63, 3.8) is 0 Å². The number of hydrogen-bond donors (Lipinski definition) is 1. The maximum Gasteiger partial charge on any atom is 0.258 e. The molecule has 0 saturated carbocycles. The maximum absolute atomic E-state index is 13.1. The first-order valence-electron chi connectivity index (χ1n) is 10.00. The van der Waals surface area contributed by atoms with E-state index in [-0.39, 0.29) is 17.7 Å². The zero-order valence-corrected chi connectivity index (χ0v) is 17.0. The van der Waals surface area contributed by atoms with E-state index in [2.05, 4.69) is 25.4 Å². The Kier molecular flexibility index (Phi) is 6.07. The van der Waals surface area contributed by atoms with Crippen molar-refractivity contribution in [3.8, 4) is 5.82 Å². The lowest BCUT2D eigenvalue weighted by Crippen LogP contribution is -2.15. The van der Waals surface area contributed by atoms with E-state index in [0.717, 1.165) is 29.6 Å². The molecule has 7 nitrogen and oxygen atoms in total. The first kappa shape index (κ1) is 20.3. The molecule has 3 aromatic heterocycles. The number of carbonyl (C=O) groups excluding carboxylic acids is 1. The zero-order chi connectivity index (χ0) is 21.6. The maximum atomic E-state index is 13.1. The van der Waals surface area contributed by atoms with Crippen molar-refractivity contribution in [3.05, 3.63) is 95.5 Å². The smallest absolute Gasteiger partial charge is 0.258 e. The van der Waals surface area contributed by atoms with Crippen LogP contribution in [0, 0.1) is 5.82 Å². The van der Waals surface area contributed by atoms with Gasteiger partial charge in [0.2, 0.25) is 5.95 Å². The Morgan fingerprint density at radius 2 is 1.87 bits per heavy atom. The summed E-state index contributed by atoms with van der Waals surface area (Å²) in [5, 5.41) is 7.27. The van der Waals surface area contributed by atoms with Crippen molar-refractivity contribution in [2.24, 2.45) is 0 Å². The van der Waals surface area contributed by atoms with Crippen LogP contribution in [0.3, 0.4) is 0 Å². The van der Waals surface area contributed by atoms with Crippen LogP contribution in [-0.2, 0) is 19.3 Å². The van der Waals surface area contributed by atoms with Crippen LogP contribution in [0.2, 0.25) is 0 Å². The van der Waals surface area contributed by atoms with E-state index in [9.17, 15) is 9.18 Å². The molecule has 0 aliphatic carbocycles. The molecule has 1 N–H and O–H groups in total. The average Bonchev–Trinajstić information content (AvgIpc) is 3.28. The lowest BCUT2D eigenvalue weighted by Gasteiger charge is -2.09. The summed E-state index contributed by atoms with van der Waals surface area (Å²) in [6, 6.07) is 13.8. The first-order chi connectivity index (χ1) is 15.1. The number of amides is 1. The highest BCUT2D eigenvalue weighted by atomic mass is 19.1. The normalized spacial score (nSPS) is 10.8. The van der Waals surface area contributed by atoms with Crippen LogP contribution in [0.25, 0.3) is 5.82 Å². The SMILES string of the molecule is CCc1cnc(NC(=O)c2ccccc2)nc1CCc1ccn(-c2ccc(F)cn2)n1. The molecule has 0 fully saturated rings. The molecule has 4 rings (SSSR count). The summed E-state index contributed by atoms with van der Waals surface area (Å²) in [6.07, 6.45) is 6.80. The number of benzene rings is 1. The van der Waals surface area contributed by atoms with Gasteiger partial charge < -0.3 is 0 Å². The Morgan fingerprint density at radius 1 is 1.03 bits per heavy atom. The van der Waals surface area contributed by atoms with Gasteiger partial charge in [-0.05, 0) is 55.2 Å². The molecule has 0 aliphatic rings. The van der Waals surface area contributed by atoms with E-state index < -0.39 is 0 Å². The van der Waals surface area contributed by atoms with Gasteiger partial charge in [0.05, 0.1) is 11.9 Å². The molecule has 0 atom stereocenters. The van der Waals surface area contributed by atoms with Crippen molar-refractivity contribution < 1.29 is 9.18 Å². The second kappa shape index (κ2) is 9.25. The molecule has 31 heavy (non-hydrogen) atoms. The van der Waals surface area contributed by atoms with E-state index >= 15 is 0 Å². The highest BCUT2D eigenvalue weighted by Crippen LogP contribution is 2.14. The molecule has 156 valence electrons. The number of aromatic nitrogens is 5. The molecule has 0 bridgehead atoms. The topological polar surface area (TPSA) is 85.6 Å². The van der Waals surface area contributed by atoms with Gasteiger partial charge in [0.25, 0.3) is 5.91 Å². The fourth-order valence-corrected chi connectivity index (χ4v) is 3.15. The summed E-state index contributed by atoms with van der Waals surface area (Å²) >= 11 is 0. The Bertz CT molecular complexity index is 1170. The van der Waals surface area contributed by atoms with Gasteiger partial charge in [0.1, 0.15) is 5.82 Å². The number of rotatable bonds is 7. The molecule has 3 heterocycles. The van der Waals surface area contributed by atoms with Crippen molar-refractivity contribution in [1.29, 1.82) is 0 Å². The lowest BCUT2D eigenvalue weighted by molar-refractivity contribution is 0.102. The Balaban J connectivity index is 1.46. The van der Waals surface area contributed by atoms with Crippen LogP contribution in [0.15, 0.2) is 67.1 Å². The molecule has 0 unspecified atom stereocenters. The summed E-state index contributed by atoms with van der Waals surface area (Å²) < 4.78 is 14.7. The van der Waals surface area contributed by atoms with Crippen LogP contribution in [0.4, 0.5) is 10.3 Å².